The lowest BCUT2D eigenvalue weighted by atomic mass is 10.0. The quantitative estimate of drug-likeness (QED) is 0.0269. The van der Waals surface area contributed by atoms with E-state index in [1.54, 1.807) is 0 Å². The normalized spacial score (nSPS) is 14.4. The molecule has 0 aromatic heterocycles. The van der Waals surface area contributed by atoms with Gasteiger partial charge in [0.1, 0.15) is 6.10 Å². The number of carbonyl (C=O) groups excluding carboxylic acids is 1. The first-order chi connectivity index (χ1) is 29.4. The molecule has 2 atom stereocenters. The van der Waals surface area contributed by atoms with Crippen LogP contribution < -0.4 is 5.73 Å². The van der Waals surface area contributed by atoms with Crippen LogP contribution in [0.1, 0.15) is 168 Å². The van der Waals surface area contributed by atoms with Crippen molar-refractivity contribution in [2.45, 2.75) is 174 Å². The minimum absolute atomic E-state index is 0.0549. The smallest absolute Gasteiger partial charge is 0.457 e. The molecule has 0 radical (unpaired) electrons. The summed E-state index contributed by atoms with van der Waals surface area (Å²) in [6, 6.07) is 0. The lowest BCUT2D eigenvalue weighted by Crippen LogP contribution is -2.28. The highest BCUT2D eigenvalue weighted by Crippen LogP contribution is 2.43. The zero-order valence-electron chi connectivity index (χ0n) is 37.9. The molecule has 9 heteroatoms. The molecule has 0 spiro atoms. The van der Waals surface area contributed by atoms with Gasteiger partial charge in [0.15, 0.2) is 0 Å². The molecule has 0 aromatic carbocycles. The molecule has 0 saturated carbocycles. The molecule has 2 unspecified atom stereocenters. The number of hydrogen-bond donors (Lipinski definition) is 2. The summed E-state index contributed by atoms with van der Waals surface area (Å²) in [6.45, 7) is 4.44. The van der Waals surface area contributed by atoms with E-state index in [0.717, 1.165) is 77.0 Å². The fourth-order valence-corrected chi connectivity index (χ4v) is 6.64. The number of carbonyl (C=O) groups is 1. The fraction of sp³-hybridized carbons (Fsp3) is 0.627. The third-order valence-electron chi connectivity index (χ3n) is 9.20. The standard InChI is InChI=1S/C51H86NO7P/c1-3-5-7-9-11-13-15-17-19-21-22-23-24-25-26-27-28-29-30-32-34-36-38-40-42-44-51(53)59-50(49-58-60(54,55)57-47-45-52)48-56-46-43-41-39-37-35-33-31-20-18-16-14-12-10-8-6-4-2/h5-8,11-14,17-20,22-23,33,35,39,41,50H,3-4,9-10,15-16,21,24-32,34,36-38,40,42-49,52H2,1-2H3,(H,54,55)/b7-5-,8-6-,13-11-,14-12-,19-17-,20-18-,23-22-,35-33-,41-39-. The van der Waals surface area contributed by atoms with Gasteiger partial charge in [-0.2, -0.15) is 0 Å². The van der Waals surface area contributed by atoms with Gasteiger partial charge < -0.3 is 20.1 Å². The van der Waals surface area contributed by atoms with Crippen molar-refractivity contribution in [1.29, 1.82) is 0 Å². The predicted molar refractivity (Wildman–Crippen MR) is 256 cm³/mol. The van der Waals surface area contributed by atoms with Gasteiger partial charge in [0, 0.05) is 13.0 Å². The van der Waals surface area contributed by atoms with Crippen LogP contribution in [0.25, 0.3) is 0 Å². The first-order valence-corrected chi connectivity index (χ1v) is 24.9. The number of unbranched alkanes of at least 4 members (excludes halogenated alkanes) is 12. The van der Waals surface area contributed by atoms with Crippen molar-refractivity contribution in [3.63, 3.8) is 0 Å². The molecule has 0 amide bonds. The van der Waals surface area contributed by atoms with Gasteiger partial charge >= 0.3 is 13.8 Å². The zero-order valence-corrected chi connectivity index (χ0v) is 38.8. The predicted octanol–water partition coefficient (Wildman–Crippen LogP) is 14.4. The molecule has 0 aliphatic heterocycles. The third-order valence-corrected chi connectivity index (χ3v) is 10.2. The summed E-state index contributed by atoms with van der Waals surface area (Å²) in [5.41, 5.74) is 5.37. The first kappa shape index (κ1) is 57.2. The van der Waals surface area contributed by atoms with Gasteiger partial charge in [-0.15, -0.1) is 0 Å². The molecule has 342 valence electrons. The van der Waals surface area contributed by atoms with Crippen LogP contribution in [0, 0.1) is 0 Å². The van der Waals surface area contributed by atoms with E-state index in [9.17, 15) is 14.3 Å². The maximum Gasteiger partial charge on any atom is 0.472 e. The largest absolute Gasteiger partial charge is 0.472 e. The Morgan fingerprint density at radius 3 is 1.32 bits per heavy atom. The van der Waals surface area contributed by atoms with Gasteiger partial charge in [-0.25, -0.2) is 4.57 Å². The number of ether oxygens (including phenoxy) is 2. The van der Waals surface area contributed by atoms with Crippen molar-refractivity contribution in [2.75, 3.05) is 33.0 Å². The van der Waals surface area contributed by atoms with Gasteiger partial charge in [-0.1, -0.05) is 187 Å². The SMILES string of the molecule is CC/C=C\C/C=C\C/C=C\C/C=C\C/C=C\CCOCC(COP(=O)(O)OCCN)OC(=O)CCCCCCCCCCCCCC/C=C\C/C=C\C/C=C\C/C=C\CC. The molecule has 0 aliphatic rings. The number of hydrogen-bond acceptors (Lipinski definition) is 7. The lowest BCUT2D eigenvalue weighted by molar-refractivity contribution is -0.154. The second-order valence-corrected chi connectivity index (χ2v) is 16.3. The number of rotatable bonds is 43. The Bertz CT molecular complexity index is 1280. The average Bonchev–Trinajstić information content (AvgIpc) is 3.24. The Balaban J connectivity index is 4.06. The van der Waals surface area contributed by atoms with Crippen molar-refractivity contribution in [1.82, 2.24) is 0 Å². The van der Waals surface area contributed by atoms with Crippen LogP contribution in [-0.4, -0.2) is 49.9 Å². The second kappa shape index (κ2) is 47.2. The Labute approximate surface area is 367 Å². The van der Waals surface area contributed by atoms with Crippen molar-refractivity contribution in [3.05, 3.63) is 109 Å². The van der Waals surface area contributed by atoms with E-state index in [1.165, 1.54) is 64.2 Å². The molecule has 0 bridgehead atoms. The molecule has 60 heavy (non-hydrogen) atoms. The number of nitrogens with two attached hydrogens (primary N) is 1. The highest BCUT2D eigenvalue weighted by Gasteiger charge is 2.25. The number of phosphoric acid groups is 1. The van der Waals surface area contributed by atoms with Crippen LogP contribution in [0.2, 0.25) is 0 Å². The monoisotopic (exact) mass is 856 g/mol. The maximum atomic E-state index is 12.6. The molecule has 0 saturated heterocycles. The highest BCUT2D eigenvalue weighted by molar-refractivity contribution is 7.47. The van der Waals surface area contributed by atoms with Crippen LogP contribution >= 0.6 is 7.82 Å². The summed E-state index contributed by atoms with van der Waals surface area (Å²) in [6.07, 6.45) is 64.3. The van der Waals surface area contributed by atoms with Crippen LogP contribution in [-0.2, 0) is 27.9 Å². The first-order valence-electron chi connectivity index (χ1n) is 23.4. The Kier molecular flexibility index (Phi) is 45.0. The summed E-state index contributed by atoms with van der Waals surface area (Å²) in [5.74, 6) is -0.362. The van der Waals surface area contributed by atoms with E-state index in [1.807, 2.05) is 0 Å². The van der Waals surface area contributed by atoms with Crippen LogP contribution in [0.4, 0.5) is 0 Å². The fourth-order valence-electron chi connectivity index (χ4n) is 5.88. The number of allylic oxidation sites excluding steroid dienone is 17. The van der Waals surface area contributed by atoms with Crippen molar-refractivity contribution in [2.24, 2.45) is 5.73 Å². The van der Waals surface area contributed by atoms with Crippen LogP contribution in [0.5, 0.6) is 0 Å². The molecular weight excluding hydrogens is 770 g/mol. The molecular formula is C51H86NO7P. The van der Waals surface area contributed by atoms with Gasteiger partial charge in [0.2, 0.25) is 0 Å². The summed E-state index contributed by atoms with van der Waals surface area (Å²) in [5, 5.41) is 0. The summed E-state index contributed by atoms with van der Waals surface area (Å²) in [4.78, 5) is 22.5. The van der Waals surface area contributed by atoms with E-state index in [2.05, 4.69) is 123 Å². The topological polar surface area (TPSA) is 117 Å². The zero-order chi connectivity index (χ0) is 43.7. The summed E-state index contributed by atoms with van der Waals surface area (Å²) < 4.78 is 33.4. The van der Waals surface area contributed by atoms with E-state index < -0.39 is 13.9 Å². The van der Waals surface area contributed by atoms with Crippen molar-refractivity contribution in [3.8, 4) is 0 Å². The average molecular weight is 856 g/mol. The lowest BCUT2D eigenvalue weighted by Gasteiger charge is -2.19. The van der Waals surface area contributed by atoms with Gasteiger partial charge in [-0.05, 0) is 83.5 Å². The highest BCUT2D eigenvalue weighted by atomic mass is 31.2. The number of phosphoric ester groups is 1. The minimum Gasteiger partial charge on any atom is -0.457 e. The molecule has 3 N–H and O–H groups in total. The molecule has 8 nitrogen and oxygen atoms in total. The summed E-state index contributed by atoms with van der Waals surface area (Å²) >= 11 is 0. The van der Waals surface area contributed by atoms with Gasteiger partial charge in [-0.3, -0.25) is 13.8 Å². The van der Waals surface area contributed by atoms with E-state index in [4.69, 9.17) is 24.3 Å². The van der Waals surface area contributed by atoms with E-state index in [-0.39, 0.29) is 32.3 Å². The van der Waals surface area contributed by atoms with E-state index in [0.29, 0.717) is 19.4 Å². The van der Waals surface area contributed by atoms with Crippen molar-refractivity contribution >= 4 is 13.8 Å². The molecule has 0 rings (SSSR count). The third kappa shape index (κ3) is 46.2. The molecule has 0 aliphatic carbocycles. The maximum absolute atomic E-state index is 12.6. The second-order valence-electron chi connectivity index (χ2n) is 14.9. The Morgan fingerprint density at radius 1 is 0.500 bits per heavy atom. The molecule has 0 aromatic rings. The van der Waals surface area contributed by atoms with Crippen LogP contribution in [0.3, 0.4) is 0 Å². The Hall–Kier alpha value is -2.84. The molecule has 0 fully saturated rings. The number of esters is 1. The van der Waals surface area contributed by atoms with E-state index >= 15 is 0 Å². The van der Waals surface area contributed by atoms with Gasteiger partial charge in [0.25, 0.3) is 0 Å². The summed E-state index contributed by atoms with van der Waals surface area (Å²) in [7, 11) is -4.31. The molecule has 0 heterocycles. The van der Waals surface area contributed by atoms with Crippen molar-refractivity contribution < 1.29 is 32.8 Å². The minimum atomic E-state index is -4.31. The Morgan fingerprint density at radius 2 is 0.883 bits per heavy atom. The van der Waals surface area contributed by atoms with Crippen LogP contribution in [0.15, 0.2) is 109 Å². The van der Waals surface area contributed by atoms with Gasteiger partial charge in [0.05, 0.1) is 26.4 Å².